The Bertz CT molecular complexity index is 672. The van der Waals surface area contributed by atoms with E-state index in [0.29, 0.717) is 5.82 Å². The van der Waals surface area contributed by atoms with Gasteiger partial charge in [-0.25, -0.2) is 9.78 Å². The van der Waals surface area contributed by atoms with Gasteiger partial charge < -0.3 is 9.67 Å². The van der Waals surface area contributed by atoms with Gasteiger partial charge in [0, 0.05) is 16.6 Å². The number of aryl methyl sites for hydroxylation is 1. The average molecular weight is 323 g/mol. The highest BCUT2D eigenvalue weighted by Crippen LogP contribution is 2.28. The van der Waals surface area contributed by atoms with Crippen LogP contribution in [0.2, 0.25) is 0 Å². The van der Waals surface area contributed by atoms with Gasteiger partial charge in [0.05, 0.1) is 11.0 Å². The Morgan fingerprint density at radius 3 is 2.74 bits per heavy atom. The predicted octanol–water partition coefficient (Wildman–Crippen LogP) is 3.79. The summed E-state index contributed by atoms with van der Waals surface area (Å²) in [4.78, 5) is 15.2. The minimum absolute atomic E-state index is 0.207. The molecule has 0 radical (unpaired) electrons. The third-order valence-electron chi connectivity index (χ3n) is 2.86. The van der Waals surface area contributed by atoms with Crippen molar-refractivity contribution >= 4 is 39.0 Å². The maximum atomic E-state index is 10.7. The number of benzene rings is 1. The Hall–Kier alpha value is -1.62. The maximum Gasteiger partial charge on any atom is 0.328 e. The lowest BCUT2D eigenvalue weighted by Gasteiger charge is -2.12. The number of carboxylic acids is 1. The van der Waals surface area contributed by atoms with Crippen molar-refractivity contribution in [1.29, 1.82) is 0 Å². The third-order valence-corrected chi connectivity index (χ3v) is 3.32. The molecule has 100 valence electrons. The molecule has 0 bridgehead atoms. The van der Waals surface area contributed by atoms with Gasteiger partial charge in [-0.15, -0.1) is 0 Å². The fraction of sp³-hybridized carbons (Fsp3) is 0.286. The van der Waals surface area contributed by atoms with E-state index in [2.05, 4.69) is 39.3 Å². The van der Waals surface area contributed by atoms with Crippen LogP contribution in [0.5, 0.6) is 0 Å². The molecule has 0 saturated heterocycles. The van der Waals surface area contributed by atoms with Gasteiger partial charge in [-0.1, -0.05) is 15.9 Å². The number of aliphatic carboxylic acids is 1. The zero-order valence-electron chi connectivity index (χ0n) is 11.0. The van der Waals surface area contributed by atoms with Crippen LogP contribution >= 0.6 is 15.9 Å². The predicted molar refractivity (Wildman–Crippen MR) is 79.2 cm³/mol. The fourth-order valence-electron chi connectivity index (χ4n) is 2.19. The topological polar surface area (TPSA) is 55.1 Å². The monoisotopic (exact) mass is 322 g/mol. The lowest BCUT2D eigenvalue weighted by atomic mass is 10.2. The minimum Gasteiger partial charge on any atom is -0.478 e. The standard InChI is InChI=1S/C14H15BrN2O2/c1-8(2)17-12(4-5-13(18)19)16-11-7-10(15)6-9(3)14(11)17/h4-8H,1-3H3,(H,18,19)/b5-4+. The maximum absolute atomic E-state index is 10.7. The molecule has 2 rings (SSSR count). The number of nitrogens with zero attached hydrogens (tertiary/aromatic N) is 2. The number of carboxylic acid groups (broad SMARTS) is 1. The summed E-state index contributed by atoms with van der Waals surface area (Å²) in [7, 11) is 0. The Morgan fingerprint density at radius 1 is 1.47 bits per heavy atom. The third kappa shape index (κ3) is 2.71. The Morgan fingerprint density at radius 2 is 2.16 bits per heavy atom. The fourth-order valence-corrected chi connectivity index (χ4v) is 2.75. The highest BCUT2D eigenvalue weighted by molar-refractivity contribution is 9.10. The molecule has 0 aliphatic carbocycles. The van der Waals surface area contributed by atoms with E-state index in [4.69, 9.17) is 5.11 Å². The Balaban J connectivity index is 2.74. The van der Waals surface area contributed by atoms with Crippen molar-refractivity contribution in [2.75, 3.05) is 0 Å². The molecule has 0 unspecified atom stereocenters. The van der Waals surface area contributed by atoms with E-state index in [1.54, 1.807) is 0 Å². The van der Waals surface area contributed by atoms with Crippen molar-refractivity contribution in [1.82, 2.24) is 9.55 Å². The Labute approximate surface area is 119 Å². The second-order valence-electron chi connectivity index (χ2n) is 4.70. The van der Waals surface area contributed by atoms with Crippen LogP contribution in [0.15, 0.2) is 22.7 Å². The quantitative estimate of drug-likeness (QED) is 0.875. The molecule has 2 aromatic rings. The summed E-state index contributed by atoms with van der Waals surface area (Å²) in [6.07, 6.45) is 2.65. The Kier molecular flexibility index (Phi) is 3.75. The van der Waals surface area contributed by atoms with E-state index >= 15 is 0 Å². The molecule has 1 aromatic carbocycles. The molecule has 0 atom stereocenters. The van der Waals surface area contributed by atoms with Crippen LogP contribution in [0.1, 0.15) is 31.3 Å². The van der Waals surface area contributed by atoms with Crippen LogP contribution in [-0.4, -0.2) is 20.6 Å². The summed E-state index contributed by atoms with van der Waals surface area (Å²) in [6.45, 7) is 6.14. The van der Waals surface area contributed by atoms with Gasteiger partial charge in [0.25, 0.3) is 0 Å². The van der Waals surface area contributed by atoms with Gasteiger partial charge in [-0.2, -0.15) is 0 Å². The molecule has 4 nitrogen and oxygen atoms in total. The molecule has 0 saturated carbocycles. The lowest BCUT2D eigenvalue weighted by molar-refractivity contribution is -0.131. The molecule has 19 heavy (non-hydrogen) atoms. The highest BCUT2D eigenvalue weighted by atomic mass is 79.9. The lowest BCUT2D eigenvalue weighted by Crippen LogP contribution is -2.04. The smallest absolute Gasteiger partial charge is 0.328 e. The number of halogens is 1. The van der Waals surface area contributed by atoms with Crippen molar-refractivity contribution in [3.8, 4) is 0 Å². The van der Waals surface area contributed by atoms with Crippen molar-refractivity contribution in [2.45, 2.75) is 26.8 Å². The van der Waals surface area contributed by atoms with Crippen LogP contribution < -0.4 is 0 Å². The zero-order chi connectivity index (χ0) is 14.2. The van der Waals surface area contributed by atoms with E-state index in [9.17, 15) is 4.79 Å². The van der Waals surface area contributed by atoms with E-state index in [1.807, 2.05) is 19.1 Å². The van der Waals surface area contributed by atoms with Crippen LogP contribution in [0, 0.1) is 6.92 Å². The molecular weight excluding hydrogens is 308 g/mol. The summed E-state index contributed by atoms with van der Waals surface area (Å²) in [5.74, 6) is -0.311. The summed E-state index contributed by atoms with van der Waals surface area (Å²) < 4.78 is 3.02. The first-order valence-electron chi connectivity index (χ1n) is 5.99. The van der Waals surface area contributed by atoms with E-state index in [0.717, 1.165) is 27.1 Å². The number of hydrogen-bond acceptors (Lipinski definition) is 2. The SMILES string of the molecule is Cc1cc(Br)cc2nc(/C=C/C(=O)O)n(C(C)C)c12. The van der Waals surface area contributed by atoms with Gasteiger partial charge in [-0.05, 0) is 44.5 Å². The first kappa shape index (κ1) is 13.8. The highest BCUT2D eigenvalue weighted by Gasteiger charge is 2.14. The van der Waals surface area contributed by atoms with E-state index in [1.165, 1.54) is 6.08 Å². The molecule has 0 aliphatic rings. The molecule has 1 heterocycles. The molecule has 0 fully saturated rings. The molecular formula is C14H15BrN2O2. The van der Waals surface area contributed by atoms with Crippen molar-refractivity contribution in [3.05, 3.63) is 34.1 Å². The number of imidazole rings is 1. The van der Waals surface area contributed by atoms with Crippen molar-refractivity contribution < 1.29 is 9.90 Å². The average Bonchev–Trinajstić information content (AvgIpc) is 2.64. The second kappa shape index (κ2) is 5.17. The second-order valence-corrected chi connectivity index (χ2v) is 5.61. The van der Waals surface area contributed by atoms with E-state index in [-0.39, 0.29) is 6.04 Å². The largest absolute Gasteiger partial charge is 0.478 e. The molecule has 0 aliphatic heterocycles. The van der Waals surface area contributed by atoms with Crippen LogP contribution in [0.3, 0.4) is 0 Å². The summed E-state index contributed by atoms with van der Waals surface area (Å²) >= 11 is 3.45. The summed E-state index contributed by atoms with van der Waals surface area (Å²) in [5, 5.41) is 8.75. The molecule has 1 aromatic heterocycles. The van der Waals surface area contributed by atoms with Crippen LogP contribution in [0.25, 0.3) is 17.1 Å². The molecule has 0 amide bonds. The minimum atomic E-state index is -0.972. The molecule has 0 spiro atoms. The summed E-state index contributed by atoms with van der Waals surface area (Å²) in [6, 6.07) is 4.19. The van der Waals surface area contributed by atoms with Crippen LogP contribution in [0.4, 0.5) is 0 Å². The molecule has 1 N–H and O–H groups in total. The van der Waals surface area contributed by atoms with Gasteiger partial charge in [0.1, 0.15) is 5.82 Å². The summed E-state index contributed by atoms with van der Waals surface area (Å²) in [5.41, 5.74) is 3.02. The normalized spacial score (nSPS) is 11.8. The number of hydrogen-bond donors (Lipinski definition) is 1. The first-order chi connectivity index (χ1) is 8.90. The zero-order valence-corrected chi connectivity index (χ0v) is 12.6. The first-order valence-corrected chi connectivity index (χ1v) is 6.78. The van der Waals surface area contributed by atoms with E-state index < -0.39 is 5.97 Å². The number of fused-ring (bicyclic) bond motifs is 1. The van der Waals surface area contributed by atoms with Gasteiger partial charge in [0.2, 0.25) is 0 Å². The van der Waals surface area contributed by atoms with Gasteiger partial charge >= 0.3 is 5.97 Å². The number of rotatable bonds is 3. The van der Waals surface area contributed by atoms with Crippen molar-refractivity contribution in [2.24, 2.45) is 0 Å². The van der Waals surface area contributed by atoms with Gasteiger partial charge in [-0.3, -0.25) is 0 Å². The van der Waals surface area contributed by atoms with Crippen molar-refractivity contribution in [3.63, 3.8) is 0 Å². The van der Waals surface area contributed by atoms with Gasteiger partial charge in [0.15, 0.2) is 0 Å². The number of aromatic nitrogens is 2. The molecule has 5 heteroatoms. The number of carbonyl (C=O) groups is 1. The van der Waals surface area contributed by atoms with Crippen LogP contribution in [-0.2, 0) is 4.79 Å².